The molecule has 0 amide bonds. The average molecular weight is 538 g/mol. The molecule has 3 unspecified atom stereocenters. The summed E-state index contributed by atoms with van der Waals surface area (Å²) in [5.41, 5.74) is 1.67. The van der Waals surface area contributed by atoms with Crippen LogP contribution in [0.15, 0.2) is 83.3 Å². The number of halogens is 3. The van der Waals surface area contributed by atoms with Crippen LogP contribution in [0.3, 0.4) is 0 Å². The molecule has 0 bridgehead atoms. The van der Waals surface area contributed by atoms with Crippen LogP contribution in [0.25, 0.3) is 0 Å². The van der Waals surface area contributed by atoms with Crippen molar-refractivity contribution in [2.45, 2.75) is 16.8 Å². The number of carbonyl (C=O) groups excluding carboxylic acids is 1. The summed E-state index contributed by atoms with van der Waals surface area (Å²) in [4.78, 5) is 24.2. The Labute approximate surface area is 190 Å². The van der Waals surface area contributed by atoms with E-state index < -0.39 is 16.8 Å². The van der Waals surface area contributed by atoms with Gasteiger partial charge in [-0.3, -0.25) is 14.9 Å². The van der Waals surface area contributed by atoms with Gasteiger partial charge < -0.3 is 0 Å². The van der Waals surface area contributed by atoms with Gasteiger partial charge >= 0.3 is 0 Å². The van der Waals surface area contributed by atoms with Crippen LogP contribution in [-0.2, 0) is 0 Å². The maximum Gasteiger partial charge on any atom is 0.246 e. The smallest absolute Gasteiger partial charge is 0.246 e. The quantitative estimate of drug-likeness (QED) is 0.143. The van der Waals surface area contributed by atoms with Crippen molar-refractivity contribution in [2.75, 3.05) is 0 Å². The zero-order chi connectivity index (χ0) is 21.0. The van der Waals surface area contributed by atoms with Gasteiger partial charge in [-0.15, -0.1) is 0 Å². The fourth-order valence-corrected chi connectivity index (χ4v) is 4.49. The van der Waals surface area contributed by atoms with Gasteiger partial charge in [0.25, 0.3) is 0 Å². The molecule has 4 nitrogen and oxygen atoms in total. The number of nitrogens with zero attached hydrogens (tertiary/aromatic N) is 1. The van der Waals surface area contributed by atoms with E-state index in [9.17, 15) is 14.9 Å². The van der Waals surface area contributed by atoms with Crippen molar-refractivity contribution in [1.29, 1.82) is 0 Å². The minimum atomic E-state index is -1.11. The van der Waals surface area contributed by atoms with Crippen LogP contribution in [0.2, 0.25) is 5.02 Å². The molecule has 148 valence electrons. The van der Waals surface area contributed by atoms with Crippen molar-refractivity contribution >= 4 is 49.2 Å². The SMILES string of the molecule is O=C(c1ccc(Br)cc1)C(Br)C(c1ccc(Cl)cc1)C(c1ccccc1)[N+](=O)[O-]. The molecule has 0 heterocycles. The third kappa shape index (κ3) is 5.13. The van der Waals surface area contributed by atoms with E-state index in [1.54, 1.807) is 78.9 Å². The molecule has 7 heteroatoms. The number of hydrogen-bond donors (Lipinski definition) is 0. The van der Waals surface area contributed by atoms with E-state index in [2.05, 4.69) is 31.9 Å². The van der Waals surface area contributed by atoms with Gasteiger partial charge in [-0.2, -0.15) is 0 Å². The molecule has 0 aliphatic carbocycles. The molecule has 0 spiro atoms. The fraction of sp³-hybridized carbons (Fsp3) is 0.136. The predicted octanol–water partition coefficient (Wildman–Crippen LogP) is 6.85. The fourth-order valence-electron chi connectivity index (χ4n) is 3.24. The summed E-state index contributed by atoms with van der Waals surface area (Å²) < 4.78 is 0.849. The standard InChI is InChI=1S/C22H16Br2ClNO3/c23-17-10-6-16(7-11-17)22(27)20(24)19(14-8-12-18(25)13-9-14)21(26(28)29)15-4-2-1-3-5-15/h1-13,19-21H. The molecule has 0 aliphatic rings. The van der Waals surface area contributed by atoms with Crippen molar-refractivity contribution in [2.24, 2.45) is 0 Å². The van der Waals surface area contributed by atoms with Crippen LogP contribution in [-0.4, -0.2) is 15.5 Å². The highest BCUT2D eigenvalue weighted by atomic mass is 79.9. The van der Waals surface area contributed by atoms with E-state index >= 15 is 0 Å². The van der Waals surface area contributed by atoms with Crippen LogP contribution >= 0.6 is 43.5 Å². The lowest BCUT2D eigenvalue weighted by atomic mass is 9.82. The molecule has 3 atom stereocenters. The average Bonchev–Trinajstić information content (AvgIpc) is 2.72. The number of rotatable bonds is 7. The van der Waals surface area contributed by atoms with Crippen LogP contribution in [0.5, 0.6) is 0 Å². The number of benzene rings is 3. The summed E-state index contributed by atoms with van der Waals surface area (Å²) in [6, 6.07) is 21.4. The molecule has 0 fully saturated rings. The van der Waals surface area contributed by atoms with Gasteiger partial charge in [-0.05, 0) is 29.8 Å². The van der Waals surface area contributed by atoms with Crippen molar-refractivity contribution in [3.05, 3.63) is 115 Å². The zero-order valence-electron chi connectivity index (χ0n) is 15.0. The molecule has 3 aromatic carbocycles. The number of carbonyl (C=O) groups is 1. The zero-order valence-corrected chi connectivity index (χ0v) is 19.0. The van der Waals surface area contributed by atoms with Crippen molar-refractivity contribution in [3.63, 3.8) is 0 Å². The lowest BCUT2D eigenvalue weighted by molar-refractivity contribution is -0.533. The minimum absolute atomic E-state index is 0.222. The van der Waals surface area contributed by atoms with E-state index in [4.69, 9.17) is 11.6 Å². The summed E-state index contributed by atoms with van der Waals surface area (Å²) in [7, 11) is 0. The minimum Gasteiger partial charge on any atom is -0.293 e. The Balaban J connectivity index is 2.09. The van der Waals surface area contributed by atoms with E-state index in [1.807, 2.05) is 0 Å². The third-order valence-corrected chi connectivity index (χ3v) is 6.42. The van der Waals surface area contributed by atoms with Gasteiger partial charge in [0.15, 0.2) is 5.78 Å². The van der Waals surface area contributed by atoms with E-state index in [-0.39, 0.29) is 10.7 Å². The Morgan fingerprint density at radius 2 is 1.48 bits per heavy atom. The third-order valence-electron chi connectivity index (χ3n) is 4.66. The first-order chi connectivity index (χ1) is 13.9. The molecule has 3 rings (SSSR count). The van der Waals surface area contributed by atoms with E-state index in [0.717, 1.165) is 4.47 Å². The highest BCUT2D eigenvalue weighted by Gasteiger charge is 2.42. The van der Waals surface area contributed by atoms with E-state index in [1.165, 1.54) is 0 Å². The number of hydrogen-bond acceptors (Lipinski definition) is 3. The Hall–Kier alpha value is -2.02. The lowest BCUT2D eigenvalue weighted by Gasteiger charge is -2.26. The molecule has 0 saturated carbocycles. The Morgan fingerprint density at radius 1 is 0.897 bits per heavy atom. The summed E-state index contributed by atoms with van der Waals surface area (Å²) in [6.45, 7) is 0. The first-order valence-corrected chi connectivity index (χ1v) is 10.8. The van der Waals surface area contributed by atoms with Gasteiger partial charge in [0, 0.05) is 25.5 Å². The van der Waals surface area contributed by atoms with Gasteiger partial charge in [0.1, 0.15) is 0 Å². The Kier molecular flexibility index (Phi) is 7.22. The second-order valence-electron chi connectivity index (χ2n) is 6.49. The molecule has 0 aliphatic heterocycles. The van der Waals surface area contributed by atoms with Gasteiger partial charge in [0.05, 0.1) is 10.7 Å². The highest BCUT2D eigenvalue weighted by molar-refractivity contribution is 9.10. The maximum absolute atomic E-state index is 13.2. The first kappa shape index (κ1) is 21.7. The largest absolute Gasteiger partial charge is 0.293 e. The summed E-state index contributed by atoms with van der Waals surface area (Å²) in [5.74, 6) is -0.957. The van der Waals surface area contributed by atoms with Gasteiger partial charge in [0.2, 0.25) is 6.04 Å². The second kappa shape index (κ2) is 9.65. The summed E-state index contributed by atoms with van der Waals surface area (Å²) in [5, 5.41) is 12.7. The lowest BCUT2D eigenvalue weighted by Crippen LogP contribution is -2.31. The predicted molar refractivity (Wildman–Crippen MR) is 122 cm³/mol. The van der Waals surface area contributed by atoms with Crippen LogP contribution in [0.1, 0.15) is 33.4 Å². The molecule has 0 saturated heterocycles. The molecule has 0 N–H and O–H groups in total. The highest BCUT2D eigenvalue weighted by Crippen LogP contribution is 2.40. The summed E-state index contributed by atoms with van der Waals surface area (Å²) in [6.07, 6.45) is 0. The topological polar surface area (TPSA) is 60.2 Å². The van der Waals surface area contributed by atoms with Crippen molar-refractivity contribution < 1.29 is 9.72 Å². The maximum atomic E-state index is 13.2. The molecular weight excluding hydrogens is 522 g/mol. The Morgan fingerprint density at radius 3 is 2.03 bits per heavy atom. The molecule has 29 heavy (non-hydrogen) atoms. The van der Waals surface area contributed by atoms with Gasteiger partial charge in [-0.1, -0.05) is 98.1 Å². The number of Topliss-reactive ketones (excluding diaryl/α,β-unsaturated/α-hetero) is 1. The van der Waals surface area contributed by atoms with Crippen LogP contribution in [0, 0.1) is 10.1 Å². The monoisotopic (exact) mass is 535 g/mol. The molecule has 0 radical (unpaired) electrons. The van der Waals surface area contributed by atoms with Gasteiger partial charge in [-0.25, -0.2) is 0 Å². The normalized spacial score (nSPS) is 14.0. The molecule has 0 aromatic heterocycles. The van der Waals surface area contributed by atoms with Crippen LogP contribution in [0.4, 0.5) is 0 Å². The van der Waals surface area contributed by atoms with Crippen molar-refractivity contribution in [3.8, 4) is 0 Å². The van der Waals surface area contributed by atoms with Crippen molar-refractivity contribution in [1.82, 2.24) is 0 Å². The van der Waals surface area contributed by atoms with E-state index in [0.29, 0.717) is 21.7 Å². The van der Waals surface area contributed by atoms with Crippen LogP contribution < -0.4 is 0 Å². The first-order valence-electron chi connectivity index (χ1n) is 8.76. The number of ketones is 1. The molecule has 3 aromatic rings. The second-order valence-corrected chi connectivity index (χ2v) is 8.83. The number of nitro groups is 1. The Bertz CT molecular complexity index is 995. The number of alkyl halides is 1. The summed E-state index contributed by atoms with van der Waals surface area (Å²) >= 11 is 12.9. The molecular formula is C22H16Br2ClNO3.